The molecule has 1 fully saturated rings. The predicted molar refractivity (Wildman–Crippen MR) is 76.8 cm³/mol. The normalized spacial score (nSPS) is 18.8. The Morgan fingerprint density at radius 1 is 1.30 bits per heavy atom. The topological polar surface area (TPSA) is 78.4 Å². The summed E-state index contributed by atoms with van der Waals surface area (Å²) in [5.41, 5.74) is 0.464. The Kier molecular flexibility index (Phi) is 4.09. The summed E-state index contributed by atoms with van der Waals surface area (Å²) < 4.78 is 0. The third-order valence-electron chi connectivity index (χ3n) is 3.79. The van der Waals surface area contributed by atoms with Crippen LogP contribution in [0.5, 0.6) is 0 Å². The first kappa shape index (κ1) is 14.5. The van der Waals surface area contributed by atoms with E-state index in [1.165, 1.54) is 0 Å². The van der Waals surface area contributed by atoms with Gasteiger partial charge in [-0.1, -0.05) is 12.1 Å². The van der Waals surface area contributed by atoms with Gasteiger partial charge in [0, 0.05) is 5.69 Å². The van der Waals surface area contributed by atoms with Gasteiger partial charge in [-0.3, -0.25) is 9.59 Å². The molecule has 1 heterocycles. The minimum Gasteiger partial charge on any atom is -0.481 e. The number of carboxylic acids is 1. The molecule has 0 aliphatic carbocycles. The van der Waals surface area contributed by atoms with Crippen LogP contribution in [0.3, 0.4) is 0 Å². The summed E-state index contributed by atoms with van der Waals surface area (Å²) in [5, 5.41) is 15.2. The van der Waals surface area contributed by atoms with Crippen LogP contribution in [0.2, 0.25) is 0 Å². The van der Waals surface area contributed by atoms with E-state index in [1.54, 1.807) is 38.1 Å². The number of hydrogen-bond donors (Lipinski definition) is 3. The molecule has 0 radical (unpaired) electrons. The van der Waals surface area contributed by atoms with E-state index >= 15 is 0 Å². The number of hydrogen-bond acceptors (Lipinski definition) is 3. The van der Waals surface area contributed by atoms with Crippen LogP contribution in [0.15, 0.2) is 24.3 Å². The van der Waals surface area contributed by atoms with Crippen molar-refractivity contribution in [1.29, 1.82) is 0 Å². The van der Waals surface area contributed by atoms with Crippen LogP contribution in [-0.4, -0.2) is 29.6 Å². The molecule has 0 bridgehead atoms. The van der Waals surface area contributed by atoms with Gasteiger partial charge in [-0.15, -0.1) is 0 Å². The smallest absolute Gasteiger partial charge is 0.313 e. The summed E-state index contributed by atoms with van der Waals surface area (Å²) >= 11 is 0. The molecule has 2 rings (SSSR count). The van der Waals surface area contributed by atoms with Crippen molar-refractivity contribution in [3.05, 3.63) is 29.8 Å². The largest absolute Gasteiger partial charge is 0.481 e. The van der Waals surface area contributed by atoms with Crippen LogP contribution in [0, 0.1) is 0 Å². The first-order valence-corrected chi connectivity index (χ1v) is 6.79. The van der Waals surface area contributed by atoms with E-state index in [1.807, 2.05) is 0 Å². The lowest BCUT2D eigenvalue weighted by Crippen LogP contribution is -2.35. The molecule has 5 nitrogen and oxygen atoms in total. The Labute approximate surface area is 118 Å². The molecule has 5 heteroatoms. The first-order chi connectivity index (χ1) is 9.41. The maximum atomic E-state index is 11.9. The highest BCUT2D eigenvalue weighted by atomic mass is 16.4. The number of anilines is 1. The SMILES string of the molecule is CC(C)(C(=O)O)c1ccc(NC(=O)[C@@H]2CCCN2)cc1. The van der Waals surface area contributed by atoms with Crippen LogP contribution in [0.4, 0.5) is 5.69 Å². The molecule has 1 aromatic rings. The average molecular weight is 276 g/mol. The molecule has 1 atom stereocenters. The maximum Gasteiger partial charge on any atom is 0.313 e. The number of benzene rings is 1. The van der Waals surface area contributed by atoms with Gasteiger partial charge in [0.1, 0.15) is 0 Å². The van der Waals surface area contributed by atoms with Crippen LogP contribution in [0.25, 0.3) is 0 Å². The van der Waals surface area contributed by atoms with Crippen molar-refractivity contribution in [3.63, 3.8) is 0 Å². The van der Waals surface area contributed by atoms with Crippen molar-refractivity contribution in [2.45, 2.75) is 38.1 Å². The minimum absolute atomic E-state index is 0.0345. The molecule has 0 saturated carbocycles. The van der Waals surface area contributed by atoms with Gasteiger partial charge in [-0.25, -0.2) is 0 Å². The van der Waals surface area contributed by atoms with E-state index in [2.05, 4.69) is 10.6 Å². The summed E-state index contributed by atoms with van der Waals surface area (Å²) in [6.45, 7) is 4.20. The number of rotatable bonds is 4. The summed E-state index contributed by atoms with van der Waals surface area (Å²) in [7, 11) is 0. The van der Waals surface area contributed by atoms with Crippen molar-refractivity contribution in [2.75, 3.05) is 11.9 Å². The van der Waals surface area contributed by atoms with Crippen LogP contribution in [-0.2, 0) is 15.0 Å². The zero-order chi connectivity index (χ0) is 14.8. The highest BCUT2D eigenvalue weighted by molar-refractivity contribution is 5.95. The number of aliphatic carboxylic acids is 1. The Balaban J connectivity index is 2.05. The van der Waals surface area contributed by atoms with Crippen molar-refractivity contribution < 1.29 is 14.7 Å². The zero-order valence-corrected chi connectivity index (χ0v) is 11.8. The second-order valence-corrected chi connectivity index (χ2v) is 5.65. The number of carbonyl (C=O) groups excluding carboxylic acids is 1. The molecule has 1 saturated heterocycles. The van der Waals surface area contributed by atoms with Gasteiger partial charge in [0.15, 0.2) is 0 Å². The lowest BCUT2D eigenvalue weighted by atomic mass is 9.85. The molecule has 1 aromatic carbocycles. The summed E-state index contributed by atoms with van der Waals surface area (Å²) in [6.07, 6.45) is 1.87. The van der Waals surface area contributed by atoms with E-state index in [0.29, 0.717) is 11.3 Å². The fourth-order valence-corrected chi connectivity index (χ4v) is 2.23. The second kappa shape index (κ2) is 5.63. The van der Waals surface area contributed by atoms with Crippen molar-refractivity contribution in [3.8, 4) is 0 Å². The van der Waals surface area contributed by atoms with Crippen molar-refractivity contribution >= 4 is 17.6 Å². The number of carboxylic acid groups (broad SMARTS) is 1. The van der Waals surface area contributed by atoms with Crippen LogP contribution < -0.4 is 10.6 Å². The van der Waals surface area contributed by atoms with E-state index < -0.39 is 11.4 Å². The van der Waals surface area contributed by atoms with Gasteiger partial charge in [-0.05, 0) is 50.9 Å². The second-order valence-electron chi connectivity index (χ2n) is 5.65. The zero-order valence-electron chi connectivity index (χ0n) is 11.8. The van der Waals surface area contributed by atoms with E-state index in [-0.39, 0.29) is 11.9 Å². The molecular formula is C15H20N2O3. The summed E-state index contributed by atoms with van der Waals surface area (Å²) in [4.78, 5) is 23.1. The Morgan fingerprint density at radius 3 is 2.45 bits per heavy atom. The molecule has 1 aliphatic rings. The molecule has 0 aromatic heterocycles. The third kappa shape index (κ3) is 2.99. The maximum absolute atomic E-state index is 11.9. The van der Waals surface area contributed by atoms with Crippen molar-refractivity contribution in [2.24, 2.45) is 0 Å². The third-order valence-corrected chi connectivity index (χ3v) is 3.79. The Hall–Kier alpha value is -1.88. The highest BCUT2D eigenvalue weighted by Crippen LogP contribution is 2.25. The van der Waals surface area contributed by atoms with Crippen LogP contribution in [0.1, 0.15) is 32.3 Å². The Bertz CT molecular complexity index is 502. The minimum atomic E-state index is -0.935. The van der Waals surface area contributed by atoms with E-state index in [9.17, 15) is 14.7 Å². The van der Waals surface area contributed by atoms with E-state index in [4.69, 9.17) is 0 Å². The van der Waals surface area contributed by atoms with Gasteiger partial charge in [-0.2, -0.15) is 0 Å². The molecule has 20 heavy (non-hydrogen) atoms. The highest BCUT2D eigenvalue weighted by Gasteiger charge is 2.29. The van der Waals surface area contributed by atoms with Crippen LogP contribution >= 0.6 is 0 Å². The fraction of sp³-hybridized carbons (Fsp3) is 0.467. The Morgan fingerprint density at radius 2 is 1.95 bits per heavy atom. The number of nitrogens with one attached hydrogen (secondary N) is 2. The summed E-state index contributed by atoms with van der Waals surface area (Å²) in [5.74, 6) is -0.905. The lowest BCUT2D eigenvalue weighted by molar-refractivity contribution is -0.142. The van der Waals surface area contributed by atoms with Gasteiger partial charge >= 0.3 is 5.97 Å². The molecule has 0 spiro atoms. The lowest BCUT2D eigenvalue weighted by Gasteiger charge is -2.20. The van der Waals surface area contributed by atoms with Crippen molar-refractivity contribution in [1.82, 2.24) is 5.32 Å². The molecule has 1 amide bonds. The predicted octanol–water partition coefficient (Wildman–Crippen LogP) is 1.74. The molecule has 3 N–H and O–H groups in total. The number of carbonyl (C=O) groups is 2. The molecule has 108 valence electrons. The summed E-state index contributed by atoms with van der Waals surface area (Å²) in [6, 6.07) is 6.85. The first-order valence-electron chi connectivity index (χ1n) is 6.79. The van der Waals surface area contributed by atoms with Gasteiger partial charge in [0.2, 0.25) is 5.91 Å². The van der Waals surface area contributed by atoms with Gasteiger partial charge in [0.25, 0.3) is 0 Å². The number of amides is 1. The fourth-order valence-electron chi connectivity index (χ4n) is 2.23. The standard InChI is InChI=1S/C15H20N2O3/c1-15(2,14(19)20)10-5-7-11(8-6-10)17-13(18)12-4-3-9-16-12/h5-8,12,16H,3-4,9H2,1-2H3,(H,17,18)(H,19,20)/t12-/m0/s1. The molecular weight excluding hydrogens is 256 g/mol. The average Bonchev–Trinajstić information content (AvgIpc) is 2.93. The van der Waals surface area contributed by atoms with Gasteiger partial charge in [0.05, 0.1) is 11.5 Å². The van der Waals surface area contributed by atoms with E-state index in [0.717, 1.165) is 19.4 Å². The molecule has 0 unspecified atom stereocenters. The van der Waals surface area contributed by atoms with Gasteiger partial charge < -0.3 is 15.7 Å². The molecule has 1 aliphatic heterocycles. The quantitative estimate of drug-likeness (QED) is 0.782. The monoisotopic (exact) mass is 276 g/mol.